The summed E-state index contributed by atoms with van der Waals surface area (Å²) in [7, 11) is 1.57. The number of anilines is 2. The Labute approximate surface area is 174 Å². The fourth-order valence-corrected chi connectivity index (χ4v) is 3.75. The first-order chi connectivity index (χ1) is 14.6. The average Bonchev–Trinajstić information content (AvgIpc) is 3.21. The molecule has 0 saturated heterocycles. The first kappa shape index (κ1) is 19.4. The van der Waals surface area contributed by atoms with Crippen LogP contribution in [0.3, 0.4) is 0 Å². The quantitative estimate of drug-likeness (QED) is 0.492. The number of benzene rings is 3. The van der Waals surface area contributed by atoms with Gasteiger partial charge in [-0.05, 0) is 36.2 Å². The predicted molar refractivity (Wildman–Crippen MR) is 114 cm³/mol. The highest BCUT2D eigenvalue weighted by molar-refractivity contribution is 5.96. The minimum absolute atomic E-state index is 0.0864. The highest BCUT2D eigenvalue weighted by Gasteiger charge is 2.27. The van der Waals surface area contributed by atoms with Crippen LogP contribution in [0.25, 0.3) is 0 Å². The number of amides is 1. The van der Waals surface area contributed by atoms with E-state index in [-0.39, 0.29) is 23.7 Å². The van der Waals surface area contributed by atoms with Gasteiger partial charge in [-0.15, -0.1) is 0 Å². The van der Waals surface area contributed by atoms with Gasteiger partial charge in [-0.2, -0.15) is 0 Å². The molecule has 4 rings (SSSR count). The summed E-state index contributed by atoms with van der Waals surface area (Å²) in [5.41, 5.74) is 3.60. The average molecular weight is 403 g/mol. The third-order valence-corrected chi connectivity index (χ3v) is 5.24. The van der Waals surface area contributed by atoms with Crippen LogP contribution in [0.15, 0.2) is 66.7 Å². The van der Waals surface area contributed by atoms with Crippen LogP contribution < -0.4 is 15.0 Å². The first-order valence-electron chi connectivity index (χ1n) is 9.62. The molecule has 1 aliphatic rings. The number of nitro benzene ring substituents is 1. The van der Waals surface area contributed by atoms with Crippen LogP contribution in [0.1, 0.15) is 21.5 Å². The predicted octanol–water partition coefficient (Wildman–Crippen LogP) is 4.23. The van der Waals surface area contributed by atoms with Gasteiger partial charge in [0.25, 0.3) is 11.6 Å². The van der Waals surface area contributed by atoms with Gasteiger partial charge < -0.3 is 15.0 Å². The molecule has 0 saturated carbocycles. The maximum atomic E-state index is 12.6. The van der Waals surface area contributed by atoms with Gasteiger partial charge in [0, 0.05) is 36.0 Å². The summed E-state index contributed by atoms with van der Waals surface area (Å²) in [6, 6.07) is 19.9. The highest BCUT2D eigenvalue weighted by Crippen LogP contribution is 2.39. The second-order valence-electron chi connectivity index (χ2n) is 6.99. The third kappa shape index (κ3) is 3.69. The van der Waals surface area contributed by atoms with E-state index in [4.69, 9.17) is 4.74 Å². The fourth-order valence-electron chi connectivity index (χ4n) is 3.75. The monoisotopic (exact) mass is 403 g/mol. The van der Waals surface area contributed by atoms with Gasteiger partial charge in [-0.3, -0.25) is 14.9 Å². The van der Waals surface area contributed by atoms with Gasteiger partial charge in [-0.25, -0.2) is 0 Å². The van der Waals surface area contributed by atoms with Crippen molar-refractivity contribution in [2.45, 2.75) is 13.0 Å². The first-order valence-corrected chi connectivity index (χ1v) is 9.62. The number of carbonyl (C=O) groups excluding carboxylic acids is 1. The van der Waals surface area contributed by atoms with Crippen molar-refractivity contribution in [3.8, 4) is 5.75 Å². The van der Waals surface area contributed by atoms with E-state index in [1.165, 1.54) is 6.07 Å². The molecule has 7 heteroatoms. The fraction of sp³-hybridized carbons (Fsp3) is 0.174. The number of fused-ring (bicyclic) bond motifs is 1. The Morgan fingerprint density at radius 1 is 1.10 bits per heavy atom. The molecule has 3 aromatic rings. The summed E-state index contributed by atoms with van der Waals surface area (Å²) in [6.45, 7) is 0.928. The lowest BCUT2D eigenvalue weighted by molar-refractivity contribution is -0.384. The summed E-state index contributed by atoms with van der Waals surface area (Å²) >= 11 is 0. The van der Waals surface area contributed by atoms with Gasteiger partial charge in [0.05, 0.1) is 12.0 Å². The smallest absolute Gasteiger partial charge is 0.293 e. The molecule has 1 heterocycles. The normalized spacial score (nSPS) is 12.4. The van der Waals surface area contributed by atoms with Crippen molar-refractivity contribution in [3.05, 3.63) is 93.5 Å². The molecule has 1 N–H and O–H groups in total. The summed E-state index contributed by atoms with van der Waals surface area (Å²) in [4.78, 5) is 25.9. The van der Waals surface area contributed by atoms with Gasteiger partial charge >= 0.3 is 0 Å². The summed E-state index contributed by atoms with van der Waals surface area (Å²) < 4.78 is 5.29. The van der Waals surface area contributed by atoms with Crippen molar-refractivity contribution in [1.29, 1.82) is 0 Å². The van der Waals surface area contributed by atoms with E-state index in [0.29, 0.717) is 18.0 Å². The molecule has 0 bridgehead atoms. The molecule has 0 atom stereocenters. The number of nitro groups is 1. The van der Waals surface area contributed by atoms with E-state index in [1.54, 1.807) is 19.2 Å². The Hall–Kier alpha value is -3.87. The van der Waals surface area contributed by atoms with Crippen molar-refractivity contribution in [2.75, 3.05) is 18.6 Å². The van der Waals surface area contributed by atoms with Crippen molar-refractivity contribution in [1.82, 2.24) is 5.32 Å². The Bertz CT molecular complexity index is 1110. The molecule has 7 nitrogen and oxygen atoms in total. The van der Waals surface area contributed by atoms with E-state index >= 15 is 0 Å². The number of ether oxygens (including phenoxy) is 1. The zero-order valence-electron chi connectivity index (χ0n) is 16.5. The molecule has 3 aromatic carbocycles. The number of nitrogens with zero attached hydrogens (tertiary/aromatic N) is 2. The molecule has 0 aliphatic carbocycles. The van der Waals surface area contributed by atoms with E-state index in [0.717, 1.165) is 23.2 Å². The molecular formula is C23H21N3O4. The maximum absolute atomic E-state index is 12.6. The number of nitrogens with one attached hydrogen (secondary N) is 1. The largest absolute Gasteiger partial charge is 0.496 e. The summed E-state index contributed by atoms with van der Waals surface area (Å²) in [5, 5.41) is 14.6. The van der Waals surface area contributed by atoms with Crippen LogP contribution in [0.4, 0.5) is 17.1 Å². The van der Waals surface area contributed by atoms with Crippen molar-refractivity contribution < 1.29 is 14.5 Å². The minimum atomic E-state index is -0.437. The second-order valence-corrected chi connectivity index (χ2v) is 6.99. The van der Waals surface area contributed by atoms with Gasteiger partial charge in [0.15, 0.2) is 0 Å². The van der Waals surface area contributed by atoms with Crippen molar-refractivity contribution in [2.24, 2.45) is 0 Å². The number of para-hydroxylation sites is 2. The Balaban J connectivity index is 1.58. The Kier molecular flexibility index (Phi) is 5.34. The third-order valence-electron chi connectivity index (χ3n) is 5.24. The topological polar surface area (TPSA) is 84.7 Å². The van der Waals surface area contributed by atoms with Crippen molar-refractivity contribution >= 4 is 23.0 Å². The van der Waals surface area contributed by atoms with Crippen LogP contribution in [-0.2, 0) is 13.0 Å². The number of carbonyl (C=O) groups is 1. The molecule has 152 valence electrons. The van der Waals surface area contributed by atoms with Crippen molar-refractivity contribution in [3.63, 3.8) is 0 Å². The standard InChI is InChI=1S/C23H21N3O4/c1-30-22-9-5-3-7-18(22)15-24-23(27)17-10-11-20(21(14-17)26(28)29)25-13-12-16-6-2-4-8-19(16)25/h2-11,14H,12-13,15H2,1H3,(H,24,27). The van der Waals surface area contributed by atoms with Crippen LogP contribution >= 0.6 is 0 Å². The van der Waals surface area contributed by atoms with E-state index < -0.39 is 4.92 Å². The van der Waals surface area contributed by atoms with Crippen LogP contribution in [0.2, 0.25) is 0 Å². The lowest BCUT2D eigenvalue weighted by atomic mass is 10.1. The van der Waals surface area contributed by atoms with Crippen LogP contribution in [0.5, 0.6) is 5.75 Å². The Morgan fingerprint density at radius 3 is 2.67 bits per heavy atom. The number of rotatable bonds is 6. The Morgan fingerprint density at radius 2 is 1.87 bits per heavy atom. The van der Waals surface area contributed by atoms with Gasteiger partial charge in [-0.1, -0.05) is 36.4 Å². The minimum Gasteiger partial charge on any atom is -0.496 e. The van der Waals surface area contributed by atoms with Gasteiger partial charge in [0.2, 0.25) is 0 Å². The molecule has 0 unspecified atom stereocenters. The summed E-state index contributed by atoms with van der Waals surface area (Å²) in [5.74, 6) is 0.296. The number of hydrogen-bond donors (Lipinski definition) is 1. The highest BCUT2D eigenvalue weighted by atomic mass is 16.6. The lowest BCUT2D eigenvalue weighted by Crippen LogP contribution is -2.23. The van der Waals surface area contributed by atoms with E-state index in [2.05, 4.69) is 5.32 Å². The molecule has 30 heavy (non-hydrogen) atoms. The molecule has 0 aromatic heterocycles. The molecule has 0 radical (unpaired) electrons. The SMILES string of the molecule is COc1ccccc1CNC(=O)c1ccc(N2CCc3ccccc32)c([N+](=O)[O-])c1. The van der Waals surface area contributed by atoms with Gasteiger partial charge in [0.1, 0.15) is 11.4 Å². The zero-order chi connectivity index (χ0) is 21.1. The zero-order valence-corrected chi connectivity index (χ0v) is 16.5. The molecule has 0 fully saturated rings. The van der Waals surface area contributed by atoms with Crippen LogP contribution in [0, 0.1) is 10.1 Å². The summed E-state index contributed by atoms with van der Waals surface area (Å²) in [6.07, 6.45) is 0.828. The van der Waals surface area contributed by atoms with E-state index in [1.807, 2.05) is 53.4 Å². The molecule has 0 spiro atoms. The number of methoxy groups -OCH3 is 1. The molecule has 1 aliphatic heterocycles. The molecule has 1 amide bonds. The van der Waals surface area contributed by atoms with E-state index in [9.17, 15) is 14.9 Å². The molecular weight excluding hydrogens is 382 g/mol. The second kappa shape index (κ2) is 8.24. The number of hydrogen-bond acceptors (Lipinski definition) is 5. The lowest BCUT2D eigenvalue weighted by Gasteiger charge is -2.19. The van der Waals surface area contributed by atoms with Crippen LogP contribution in [-0.4, -0.2) is 24.5 Å². The maximum Gasteiger partial charge on any atom is 0.293 e.